The lowest BCUT2D eigenvalue weighted by atomic mass is 10.2. The summed E-state index contributed by atoms with van der Waals surface area (Å²) in [7, 11) is 0. The zero-order valence-electron chi connectivity index (χ0n) is 13.3. The normalized spacial score (nSPS) is 16.8. The first kappa shape index (κ1) is 4.52. The van der Waals surface area contributed by atoms with Gasteiger partial charge in [0.2, 0.25) is 0 Å². The quantitative estimate of drug-likeness (QED) is 0.564. The van der Waals surface area contributed by atoms with Gasteiger partial charge in [0.1, 0.15) is 12.7 Å². The lowest BCUT2D eigenvalue weighted by molar-refractivity contribution is -0.384. The third kappa shape index (κ3) is 2.16. The summed E-state index contributed by atoms with van der Waals surface area (Å²) in [6, 6.07) is -3.49. The number of hydrogen-bond donors (Lipinski definition) is 0. The van der Waals surface area contributed by atoms with E-state index in [0.29, 0.717) is 4.68 Å². The summed E-state index contributed by atoms with van der Waals surface area (Å²) in [6.07, 6.45) is 2.05. The van der Waals surface area contributed by atoms with Gasteiger partial charge in [-0.1, -0.05) is 12.1 Å². The van der Waals surface area contributed by atoms with Crippen LogP contribution in [0, 0.1) is 10.1 Å². The summed E-state index contributed by atoms with van der Waals surface area (Å²) in [5.74, 6) is 0. The molecule has 0 spiro atoms. The van der Waals surface area contributed by atoms with Crippen LogP contribution in [0.4, 0.5) is 5.69 Å². The molecule has 76 valence electrons. The first-order valence-electron chi connectivity index (χ1n) is 6.80. The third-order valence-electron chi connectivity index (χ3n) is 1.44. The van der Waals surface area contributed by atoms with Crippen LogP contribution >= 0.6 is 0 Å². The summed E-state index contributed by atoms with van der Waals surface area (Å²) in [5, 5.41) is 14.4. The first-order chi connectivity index (χ1) is 9.69. The van der Waals surface area contributed by atoms with E-state index < -0.39 is 46.8 Å². The van der Waals surface area contributed by atoms with Crippen LogP contribution in [-0.4, -0.2) is 19.7 Å². The maximum absolute atomic E-state index is 10.8. The molecule has 1 aromatic carbocycles. The molecule has 15 heavy (non-hydrogen) atoms. The monoisotopic (exact) mass is 210 g/mol. The Balaban J connectivity index is 2.80. The Morgan fingerprint density at radius 1 is 1.53 bits per heavy atom. The minimum atomic E-state index is -2.54. The van der Waals surface area contributed by atoms with Crippen molar-refractivity contribution in [2.75, 3.05) is 0 Å². The van der Waals surface area contributed by atoms with Crippen LogP contribution < -0.4 is 0 Å². The highest BCUT2D eigenvalue weighted by molar-refractivity contribution is 5.32. The van der Waals surface area contributed by atoms with Crippen LogP contribution in [0.3, 0.4) is 0 Å². The van der Waals surface area contributed by atoms with E-state index in [9.17, 15) is 10.1 Å². The van der Waals surface area contributed by atoms with Crippen molar-refractivity contribution >= 4 is 5.69 Å². The van der Waals surface area contributed by atoms with Crippen LogP contribution in [0.2, 0.25) is 0 Å². The highest BCUT2D eigenvalue weighted by atomic mass is 16.6. The molecule has 0 aliphatic heterocycles. The highest BCUT2D eigenvalue weighted by Gasteiger charge is 2.03. The van der Waals surface area contributed by atoms with Gasteiger partial charge < -0.3 is 0 Å². The Kier molecular flexibility index (Phi) is 1.17. The molecule has 0 amide bonds. The molecule has 6 heteroatoms. The fraction of sp³-hybridized carbons (Fsp3) is 0.111. The summed E-state index contributed by atoms with van der Waals surface area (Å²) in [4.78, 5) is 13.3. The molecule has 0 unspecified atom stereocenters. The van der Waals surface area contributed by atoms with Crippen molar-refractivity contribution in [2.24, 2.45) is 0 Å². The molecule has 0 aliphatic carbocycles. The number of hydrogen-bond acceptors (Lipinski definition) is 4. The van der Waals surface area contributed by atoms with Gasteiger partial charge in [-0.05, 0) is 5.56 Å². The van der Waals surface area contributed by atoms with E-state index in [1.54, 1.807) is 0 Å². The van der Waals surface area contributed by atoms with E-state index in [0.717, 1.165) is 12.7 Å². The SMILES string of the molecule is [2H]c1c([2H])c(C([2H])([2H])n2cncn2)c([2H])c([2H])c1[N+](=O)[O-]. The molecule has 0 bridgehead atoms. The highest BCUT2D eigenvalue weighted by Crippen LogP contribution is 2.12. The summed E-state index contributed by atoms with van der Waals surface area (Å²) < 4.78 is 47.2. The van der Waals surface area contributed by atoms with Gasteiger partial charge in [0, 0.05) is 12.1 Å². The fourth-order valence-corrected chi connectivity index (χ4v) is 0.834. The van der Waals surface area contributed by atoms with Gasteiger partial charge in [-0.15, -0.1) is 0 Å². The molecule has 1 aromatic heterocycles. The molecule has 0 saturated carbocycles. The van der Waals surface area contributed by atoms with E-state index in [1.165, 1.54) is 0 Å². The van der Waals surface area contributed by atoms with Gasteiger partial charge in [-0.2, -0.15) is 5.10 Å². The summed E-state index contributed by atoms with van der Waals surface area (Å²) in [6.45, 7) is -2.54. The average molecular weight is 210 g/mol. The van der Waals surface area contributed by atoms with Crippen LogP contribution in [0.1, 0.15) is 13.8 Å². The molecular weight excluding hydrogens is 196 g/mol. The van der Waals surface area contributed by atoms with Crippen molar-refractivity contribution in [1.82, 2.24) is 14.8 Å². The maximum atomic E-state index is 10.8. The van der Waals surface area contributed by atoms with Crippen molar-refractivity contribution in [1.29, 1.82) is 0 Å². The van der Waals surface area contributed by atoms with Crippen molar-refractivity contribution in [3.05, 3.63) is 52.5 Å². The fourth-order valence-electron chi connectivity index (χ4n) is 0.834. The van der Waals surface area contributed by atoms with Crippen molar-refractivity contribution in [2.45, 2.75) is 6.50 Å². The number of nitrogens with zero attached hydrogens (tertiary/aromatic N) is 4. The minimum absolute atomic E-state index is 0.645. The van der Waals surface area contributed by atoms with E-state index in [2.05, 4.69) is 10.1 Å². The minimum Gasteiger partial charge on any atom is -0.258 e. The average Bonchev–Trinajstić information content (AvgIpc) is 2.90. The molecule has 1 heterocycles. The van der Waals surface area contributed by atoms with Crippen LogP contribution in [0.15, 0.2) is 36.8 Å². The number of aromatic nitrogens is 3. The van der Waals surface area contributed by atoms with Crippen LogP contribution in [0.25, 0.3) is 0 Å². The Morgan fingerprint density at radius 2 is 2.27 bits per heavy atom. The number of nitro groups is 1. The molecule has 2 rings (SSSR count). The first-order valence-corrected chi connectivity index (χ1v) is 3.80. The van der Waals surface area contributed by atoms with Crippen molar-refractivity contribution < 1.29 is 13.1 Å². The van der Waals surface area contributed by atoms with Gasteiger partial charge in [0.05, 0.1) is 19.6 Å². The van der Waals surface area contributed by atoms with Crippen LogP contribution in [0.5, 0.6) is 0 Å². The smallest absolute Gasteiger partial charge is 0.258 e. The molecule has 0 saturated heterocycles. The van der Waals surface area contributed by atoms with Crippen LogP contribution in [-0.2, 0) is 6.50 Å². The van der Waals surface area contributed by atoms with E-state index >= 15 is 0 Å². The third-order valence-corrected chi connectivity index (χ3v) is 1.44. The zero-order valence-corrected chi connectivity index (χ0v) is 7.26. The van der Waals surface area contributed by atoms with Gasteiger partial charge in [-0.25, -0.2) is 9.67 Å². The largest absolute Gasteiger partial charge is 0.269 e. The predicted octanol–water partition coefficient (Wildman–Crippen LogP) is 1.23. The van der Waals surface area contributed by atoms with Gasteiger partial charge in [-0.3, -0.25) is 10.1 Å². The number of nitro benzene ring substituents is 1. The second kappa shape index (κ2) is 3.87. The summed E-state index contributed by atoms with van der Waals surface area (Å²) >= 11 is 0. The Morgan fingerprint density at radius 3 is 2.80 bits per heavy atom. The predicted molar refractivity (Wildman–Crippen MR) is 52.2 cm³/mol. The Hall–Kier alpha value is -2.24. The van der Waals surface area contributed by atoms with E-state index in [-0.39, 0.29) is 0 Å². The molecule has 0 N–H and O–H groups in total. The second-order valence-corrected chi connectivity index (χ2v) is 2.43. The molecule has 0 radical (unpaired) electrons. The number of benzene rings is 1. The topological polar surface area (TPSA) is 73.8 Å². The molecular formula is C9H8N4O2. The Labute approximate surface area is 93.8 Å². The van der Waals surface area contributed by atoms with E-state index in [1.807, 2.05) is 0 Å². The lowest BCUT2D eigenvalue weighted by Gasteiger charge is -1.99. The van der Waals surface area contributed by atoms with Crippen molar-refractivity contribution in [3.63, 3.8) is 0 Å². The van der Waals surface area contributed by atoms with Gasteiger partial charge in [0.15, 0.2) is 0 Å². The molecule has 0 atom stereocenters. The second-order valence-electron chi connectivity index (χ2n) is 2.43. The Bertz CT molecular complexity index is 689. The van der Waals surface area contributed by atoms with Gasteiger partial charge in [0.25, 0.3) is 5.69 Å². The molecule has 2 aromatic rings. The molecule has 6 nitrogen and oxygen atoms in total. The maximum Gasteiger partial charge on any atom is 0.269 e. The zero-order chi connectivity index (χ0) is 15.9. The van der Waals surface area contributed by atoms with E-state index in [4.69, 9.17) is 8.22 Å². The van der Waals surface area contributed by atoms with Gasteiger partial charge >= 0.3 is 0 Å². The number of rotatable bonds is 3. The standard InChI is InChI=1S/C9H8N4O2/c14-13(15)9-3-1-8(2-4-9)5-12-7-10-6-11-12/h1-4,6-7H,5H2/i1D,2D,3D,4D,5D2. The molecule has 0 aliphatic rings. The lowest BCUT2D eigenvalue weighted by Crippen LogP contribution is -1.99. The molecule has 0 fully saturated rings. The summed E-state index contributed by atoms with van der Waals surface area (Å²) in [5.41, 5.74) is -1.64. The van der Waals surface area contributed by atoms with Crippen molar-refractivity contribution in [3.8, 4) is 0 Å².